The first kappa shape index (κ1) is 18.0. The van der Waals surface area contributed by atoms with E-state index in [1.807, 2.05) is 0 Å². The summed E-state index contributed by atoms with van der Waals surface area (Å²) in [4.78, 5) is 14.9. The van der Waals surface area contributed by atoms with Crippen LogP contribution >= 0.6 is 12.4 Å². The van der Waals surface area contributed by atoms with E-state index in [-0.39, 0.29) is 18.3 Å². The summed E-state index contributed by atoms with van der Waals surface area (Å²) in [6.07, 6.45) is 5.79. The predicted octanol–water partition coefficient (Wildman–Crippen LogP) is 2.68. The molecule has 3 rings (SSSR count). The topological polar surface area (TPSA) is 35.6 Å². The molecule has 0 spiro atoms. The van der Waals surface area contributed by atoms with Crippen molar-refractivity contribution in [2.75, 3.05) is 26.2 Å². The van der Waals surface area contributed by atoms with Crippen LogP contribution in [0, 0.1) is 17.3 Å². The number of hydrogen-bond acceptors (Lipinski definition) is 3. The SMILES string of the molecule is CCC1CC(CC(=O)NN2CCN3CCCC3C2)C1(C)C.Cl. The molecule has 128 valence electrons. The van der Waals surface area contributed by atoms with Crippen molar-refractivity contribution in [3.05, 3.63) is 0 Å². The van der Waals surface area contributed by atoms with Crippen molar-refractivity contribution in [1.82, 2.24) is 15.3 Å². The van der Waals surface area contributed by atoms with E-state index in [1.54, 1.807) is 0 Å². The standard InChI is InChI=1S/C17H31N3O.ClH/c1-4-13-10-14(17(13,2)3)11-16(21)18-20-9-8-19-7-5-6-15(19)12-20;/h13-15H,4-12H2,1-3H3,(H,18,21);1H. The van der Waals surface area contributed by atoms with Crippen LogP contribution in [0.3, 0.4) is 0 Å². The van der Waals surface area contributed by atoms with Crippen LogP contribution in [-0.2, 0) is 4.79 Å². The van der Waals surface area contributed by atoms with Crippen LogP contribution in [0.2, 0.25) is 0 Å². The third kappa shape index (κ3) is 3.44. The van der Waals surface area contributed by atoms with Gasteiger partial charge in [0.2, 0.25) is 5.91 Å². The maximum atomic E-state index is 12.3. The van der Waals surface area contributed by atoms with Gasteiger partial charge in [-0.05, 0) is 43.1 Å². The third-order valence-corrected chi connectivity index (χ3v) is 6.47. The van der Waals surface area contributed by atoms with E-state index >= 15 is 0 Å². The Hall–Kier alpha value is -0.320. The van der Waals surface area contributed by atoms with Gasteiger partial charge in [0, 0.05) is 32.1 Å². The highest BCUT2D eigenvalue weighted by atomic mass is 35.5. The Labute approximate surface area is 141 Å². The lowest BCUT2D eigenvalue weighted by atomic mass is 9.53. The first-order valence-electron chi connectivity index (χ1n) is 8.79. The number of nitrogens with zero attached hydrogens (tertiary/aromatic N) is 2. The number of carbonyl (C=O) groups excluding carboxylic acids is 1. The molecule has 22 heavy (non-hydrogen) atoms. The smallest absolute Gasteiger partial charge is 0.234 e. The van der Waals surface area contributed by atoms with E-state index in [1.165, 1.54) is 32.2 Å². The zero-order valence-electron chi connectivity index (χ0n) is 14.3. The number of fused-ring (bicyclic) bond motifs is 1. The Morgan fingerprint density at radius 1 is 1.23 bits per heavy atom. The second-order valence-corrected chi connectivity index (χ2v) is 7.88. The van der Waals surface area contributed by atoms with Crippen LogP contribution in [0.4, 0.5) is 0 Å². The molecule has 1 amide bonds. The first-order valence-corrected chi connectivity index (χ1v) is 8.79. The Morgan fingerprint density at radius 2 is 2.00 bits per heavy atom. The van der Waals surface area contributed by atoms with Crippen LogP contribution in [0.5, 0.6) is 0 Å². The lowest BCUT2D eigenvalue weighted by Gasteiger charge is -2.52. The van der Waals surface area contributed by atoms with E-state index in [4.69, 9.17) is 0 Å². The largest absolute Gasteiger partial charge is 0.298 e. The van der Waals surface area contributed by atoms with Crippen molar-refractivity contribution in [3.8, 4) is 0 Å². The van der Waals surface area contributed by atoms with E-state index in [9.17, 15) is 4.79 Å². The Balaban J connectivity index is 0.00000176. The molecule has 0 bridgehead atoms. The van der Waals surface area contributed by atoms with Crippen molar-refractivity contribution in [2.24, 2.45) is 17.3 Å². The van der Waals surface area contributed by atoms with Gasteiger partial charge in [-0.1, -0.05) is 27.2 Å². The lowest BCUT2D eigenvalue weighted by Crippen LogP contribution is -2.57. The quantitative estimate of drug-likeness (QED) is 0.861. The van der Waals surface area contributed by atoms with Crippen LogP contribution in [0.15, 0.2) is 0 Å². The fourth-order valence-corrected chi connectivity index (χ4v) is 4.70. The molecule has 1 N–H and O–H groups in total. The van der Waals surface area contributed by atoms with Gasteiger partial charge in [-0.3, -0.25) is 15.1 Å². The number of amides is 1. The second kappa shape index (κ2) is 7.06. The van der Waals surface area contributed by atoms with Crippen molar-refractivity contribution in [3.63, 3.8) is 0 Å². The number of hydrazine groups is 1. The molecule has 5 heteroatoms. The number of rotatable bonds is 4. The molecule has 2 saturated heterocycles. The summed E-state index contributed by atoms with van der Waals surface area (Å²) in [6.45, 7) is 11.3. The maximum Gasteiger partial charge on any atom is 0.234 e. The first-order chi connectivity index (χ1) is 10.0. The summed E-state index contributed by atoms with van der Waals surface area (Å²) in [5, 5.41) is 2.16. The molecular formula is C17H32ClN3O. The zero-order chi connectivity index (χ0) is 15.0. The summed E-state index contributed by atoms with van der Waals surface area (Å²) < 4.78 is 0. The molecule has 0 aromatic heterocycles. The van der Waals surface area contributed by atoms with E-state index in [2.05, 4.69) is 36.1 Å². The summed E-state index contributed by atoms with van der Waals surface area (Å²) in [5.41, 5.74) is 3.51. The number of halogens is 1. The highest BCUT2D eigenvalue weighted by Gasteiger charge is 2.47. The van der Waals surface area contributed by atoms with Crippen LogP contribution < -0.4 is 5.43 Å². The molecule has 3 fully saturated rings. The fraction of sp³-hybridized carbons (Fsp3) is 0.941. The molecule has 3 aliphatic rings. The maximum absolute atomic E-state index is 12.3. The van der Waals surface area contributed by atoms with E-state index < -0.39 is 0 Å². The van der Waals surface area contributed by atoms with Gasteiger partial charge in [0.1, 0.15) is 0 Å². The summed E-state index contributed by atoms with van der Waals surface area (Å²) >= 11 is 0. The summed E-state index contributed by atoms with van der Waals surface area (Å²) in [6, 6.07) is 0.670. The monoisotopic (exact) mass is 329 g/mol. The average molecular weight is 330 g/mol. The van der Waals surface area contributed by atoms with Crippen molar-refractivity contribution in [1.29, 1.82) is 0 Å². The molecule has 3 atom stereocenters. The van der Waals surface area contributed by atoms with Crippen molar-refractivity contribution < 1.29 is 4.79 Å². The van der Waals surface area contributed by atoms with Crippen LogP contribution in [0.1, 0.15) is 52.9 Å². The second-order valence-electron chi connectivity index (χ2n) is 7.88. The van der Waals surface area contributed by atoms with Crippen LogP contribution in [-0.4, -0.2) is 48.0 Å². The zero-order valence-corrected chi connectivity index (χ0v) is 15.1. The summed E-state index contributed by atoms with van der Waals surface area (Å²) in [5.74, 6) is 1.60. The van der Waals surface area contributed by atoms with Crippen molar-refractivity contribution >= 4 is 18.3 Å². The van der Waals surface area contributed by atoms with Gasteiger partial charge in [-0.15, -0.1) is 12.4 Å². The van der Waals surface area contributed by atoms with Gasteiger partial charge >= 0.3 is 0 Å². The van der Waals surface area contributed by atoms with Gasteiger partial charge in [0.15, 0.2) is 0 Å². The molecule has 2 aliphatic heterocycles. The number of hydrogen-bond donors (Lipinski definition) is 1. The van der Waals surface area contributed by atoms with Crippen molar-refractivity contribution in [2.45, 2.75) is 58.9 Å². The normalized spacial score (nSPS) is 34.4. The Morgan fingerprint density at radius 3 is 2.68 bits per heavy atom. The van der Waals surface area contributed by atoms with Gasteiger partial charge in [-0.25, -0.2) is 5.01 Å². The molecule has 1 saturated carbocycles. The van der Waals surface area contributed by atoms with E-state index in [0.29, 0.717) is 23.8 Å². The number of carbonyl (C=O) groups is 1. The van der Waals surface area contributed by atoms with Crippen LogP contribution in [0.25, 0.3) is 0 Å². The van der Waals surface area contributed by atoms with Gasteiger partial charge < -0.3 is 0 Å². The predicted molar refractivity (Wildman–Crippen MR) is 91.8 cm³/mol. The molecule has 1 aliphatic carbocycles. The highest BCUT2D eigenvalue weighted by Crippen LogP contribution is 2.54. The summed E-state index contributed by atoms with van der Waals surface area (Å²) in [7, 11) is 0. The molecule has 4 nitrogen and oxygen atoms in total. The van der Waals surface area contributed by atoms with Gasteiger partial charge in [-0.2, -0.15) is 0 Å². The van der Waals surface area contributed by atoms with Gasteiger partial charge in [0.05, 0.1) is 0 Å². The average Bonchev–Trinajstić information content (AvgIpc) is 2.90. The third-order valence-electron chi connectivity index (χ3n) is 6.47. The molecule has 0 aromatic rings. The minimum absolute atomic E-state index is 0. The molecular weight excluding hydrogens is 298 g/mol. The Bertz CT molecular complexity index is 401. The molecule has 2 heterocycles. The minimum atomic E-state index is 0. The molecule has 3 unspecified atom stereocenters. The minimum Gasteiger partial charge on any atom is -0.298 e. The highest BCUT2D eigenvalue weighted by molar-refractivity contribution is 5.85. The van der Waals surface area contributed by atoms with Gasteiger partial charge in [0.25, 0.3) is 0 Å². The lowest BCUT2D eigenvalue weighted by molar-refractivity contribution is -0.133. The number of nitrogens with one attached hydrogen (secondary N) is 1. The van der Waals surface area contributed by atoms with E-state index in [0.717, 1.165) is 25.6 Å². The molecule has 0 radical (unpaired) electrons. The number of piperazine rings is 1. The molecule has 0 aromatic carbocycles. The fourth-order valence-electron chi connectivity index (χ4n) is 4.70. The Kier molecular flexibility index (Phi) is 5.79.